The Balaban J connectivity index is 1.95. The zero-order valence-corrected chi connectivity index (χ0v) is 14.5. The molecule has 0 aliphatic rings. The third kappa shape index (κ3) is 4.13. The summed E-state index contributed by atoms with van der Waals surface area (Å²) in [6, 6.07) is 7.34. The molecule has 0 unspecified atom stereocenters. The number of halogens is 3. The molecule has 3 rings (SSSR count). The molecule has 0 bridgehead atoms. The molecule has 0 aliphatic heterocycles. The molecule has 2 aromatic heterocycles. The van der Waals surface area contributed by atoms with Crippen molar-refractivity contribution >= 4 is 17.3 Å². The fourth-order valence-electron chi connectivity index (χ4n) is 2.39. The van der Waals surface area contributed by atoms with Gasteiger partial charge in [-0.1, -0.05) is 6.07 Å². The van der Waals surface area contributed by atoms with Crippen LogP contribution in [0.3, 0.4) is 0 Å². The normalized spacial score (nSPS) is 11.5. The van der Waals surface area contributed by atoms with Crippen LogP contribution < -0.4 is 0 Å². The molecule has 0 saturated carbocycles. The first-order chi connectivity index (χ1) is 12.4. The van der Waals surface area contributed by atoms with E-state index in [-0.39, 0.29) is 24.4 Å². The van der Waals surface area contributed by atoms with E-state index in [1.54, 1.807) is 23.6 Å². The Hall–Kier alpha value is -2.61. The Morgan fingerprint density at radius 2 is 2.04 bits per heavy atom. The quantitative estimate of drug-likeness (QED) is 0.571. The number of carbonyl (C=O) groups is 1. The number of oxazole rings is 1. The topological polar surface area (TPSA) is 52.3 Å². The number of esters is 1. The van der Waals surface area contributed by atoms with Crippen LogP contribution in [0.5, 0.6) is 0 Å². The third-order valence-corrected chi connectivity index (χ3v) is 4.60. The van der Waals surface area contributed by atoms with Gasteiger partial charge in [0.1, 0.15) is 12.0 Å². The minimum Gasteiger partial charge on any atom is -0.469 e. The van der Waals surface area contributed by atoms with Gasteiger partial charge in [-0.15, -0.1) is 11.3 Å². The predicted octanol–water partition coefficient (Wildman–Crippen LogP) is 5.19. The smallest absolute Gasteiger partial charge is 0.416 e. The average molecular weight is 381 g/mol. The maximum absolute atomic E-state index is 13.3. The lowest BCUT2D eigenvalue weighted by Crippen LogP contribution is -2.05. The Kier molecular flexibility index (Phi) is 5.13. The number of nitrogens with zero attached hydrogens (tertiary/aromatic N) is 1. The second-order valence-electron chi connectivity index (χ2n) is 5.48. The van der Waals surface area contributed by atoms with Crippen molar-refractivity contribution in [1.82, 2.24) is 4.98 Å². The molecule has 26 heavy (non-hydrogen) atoms. The average Bonchev–Trinajstić information content (AvgIpc) is 3.30. The van der Waals surface area contributed by atoms with Crippen LogP contribution >= 0.6 is 11.3 Å². The maximum Gasteiger partial charge on any atom is 0.416 e. The summed E-state index contributed by atoms with van der Waals surface area (Å²) in [4.78, 5) is 16.1. The van der Waals surface area contributed by atoms with E-state index in [1.165, 1.54) is 24.7 Å². The van der Waals surface area contributed by atoms with Crippen molar-refractivity contribution in [2.24, 2.45) is 0 Å². The van der Waals surface area contributed by atoms with Crippen LogP contribution in [0.15, 0.2) is 46.4 Å². The van der Waals surface area contributed by atoms with Crippen LogP contribution in [0, 0.1) is 0 Å². The van der Waals surface area contributed by atoms with Crippen LogP contribution in [0.25, 0.3) is 21.7 Å². The summed E-state index contributed by atoms with van der Waals surface area (Å²) in [5.74, 6) is -0.149. The number of thiophene rings is 1. The van der Waals surface area contributed by atoms with E-state index < -0.39 is 17.7 Å². The minimum absolute atomic E-state index is 0.0828. The van der Waals surface area contributed by atoms with Crippen LogP contribution in [0.4, 0.5) is 13.2 Å². The summed E-state index contributed by atoms with van der Waals surface area (Å²) in [5.41, 5.74) is 0.298. The van der Waals surface area contributed by atoms with E-state index in [0.717, 1.165) is 17.0 Å². The second-order valence-corrected chi connectivity index (χ2v) is 6.42. The summed E-state index contributed by atoms with van der Waals surface area (Å²) in [6.45, 7) is 0. The van der Waals surface area contributed by atoms with Crippen molar-refractivity contribution in [2.75, 3.05) is 7.11 Å². The molecule has 0 saturated heterocycles. The molecule has 0 spiro atoms. The van der Waals surface area contributed by atoms with Crippen molar-refractivity contribution in [3.8, 4) is 21.7 Å². The van der Waals surface area contributed by atoms with Crippen LogP contribution in [0.1, 0.15) is 17.9 Å². The van der Waals surface area contributed by atoms with Crippen molar-refractivity contribution < 1.29 is 27.1 Å². The van der Waals surface area contributed by atoms with E-state index in [2.05, 4.69) is 9.72 Å². The van der Waals surface area contributed by atoms with Crippen molar-refractivity contribution in [1.29, 1.82) is 0 Å². The first-order valence-electron chi connectivity index (χ1n) is 7.64. The van der Waals surface area contributed by atoms with Gasteiger partial charge in [0.15, 0.2) is 5.89 Å². The highest BCUT2D eigenvalue weighted by Gasteiger charge is 2.31. The highest BCUT2D eigenvalue weighted by atomic mass is 32.1. The summed E-state index contributed by atoms with van der Waals surface area (Å²) >= 11 is 1.36. The summed E-state index contributed by atoms with van der Waals surface area (Å²) in [6.07, 6.45) is -2.89. The van der Waals surface area contributed by atoms with E-state index in [1.807, 2.05) is 0 Å². The largest absolute Gasteiger partial charge is 0.469 e. The van der Waals surface area contributed by atoms with Crippen LogP contribution in [-0.2, 0) is 22.1 Å². The fourth-order valence-corrected chi connectivity index (χ4v) is 3.11. The third-order valence-electron chi connectivity index (χ3n) is 3.68. The van der Waals surface area contributed by atoms with Gasteiger partial charge in [0.2, 0.25) is 0 Å². The molecule has 0 radical (unpaired) electrons. The van der Waals surface area contributed by atoms with Gasteiger partial charge in [-0.2, -0.15) is 13.2 Å². The highest BCUT2D eigenvalue weighted by molar-refractivity contribution is 7.13. The minimum atomic E-state index is -4.47. The van der Waals surface area contributed by atoms with E-state index in [0.29, 0.717) is 11.1 Å². The molecule has 0 amide bonds. The summed E-state index contributed by atoms with van der Waals surface area (Å²) in [7, 11) is 1.28. The Bertz CT molecular complexity index is 901. The molecular weight excluding hydrogens is 367 g/mol. The van der Waals surface area contributed by atoms with Crippen molar-refractivity contribution in [3.63, 3.8) is 0 Å². The zero-order chi connectivity index (χ0) is 18.7. The summed E-state index contributed by atoms with van der Waals surface area (Å²) in [5, 5.41) is 1.80. The van der Waals surface area contributed by atoms with Gasteiger partial charge in [-0.3, -0.25) is 4.79 Å². The fraction of sp³-hybridized carbons (Fsp3) is 0.222. The number of alkyl halides is 3. The number of ether oxygens (including phenoxy) is 1. The van der Waals surface area contributed by atoms with Crippen molar-refractivity contribution in [2.45, 2.75) is 19.0 Å². The molecule has 8 heteroatoms. The second kappa shape index (κ2) is 7.33. The Labute approximate surface area is 151 Å². The standard InChI is InChI=1S/C18H14F3NO3S/c1-24-17(23)5-4-16-22-14(10-25-16)11-7-12(15-3-2-6-26-15)9-13(8-11)18(19,20)21/h2-3,6-10H,4-5H2,1H3. The summed E-state index contributed by atoms with van der Waals surface area (Å²) < 4.78 is 49.6. The molecule has 1 aromatic carbocycles. The monoisotopic (exact) mass is 381 g/mol. The zero-order valence-electron chi connectivity index (χ0n) is 13.7. The molecule has 0 atom stereocenters. The molecule has 2 heterocycles. The highest BCUT2D eigenvalue weighted by Crippen LogP contribution is 2.37. The number of methoxy groups -OCH3 is 1. The van der Waals surface area contributed by atoms with Gasteiger partial charge >= 0.3 is 12.1 Å². The molecule has 3 aromatic rings. The molecule has 136 valence electrons. The number of aromatic nitrogens is 1. The predicted molar refractivity (Wildman–Crippen MR) is 90.6 cm³/mol. The first-order valence-corrected chi connectivity index (χ1v) is 8.52. The molecule has 0 N–H and O–H groups in total. The van der Waals surface area contributed by atoms with E-state index in [4.69, 9.17) is 4.42 Å². The lowest BCUT2D eigenvalue weighted by atomic mass is 10.0. The lowest BCUT2D eigenvalue weighted by Gasteiger charge is -2.10. The number of hydrogen-bond acceptors (Lipinski definition) is 5. The van der Waals surface area contributed by atoms with Gasteiger partial charge in [0.05, 0.1) is 19.1 Å². The van der Waals surface area contributed by atoms with Crippen molar-refractivity contribution in [3.05, 3.63) is 53.4 Å². The molecule has 0 aliphatic carbocycles. The van der Waals surface area contributed by atoms with Gasteiger partial charge in [0, 0.05) is 16.9 Å². The van der Waals surface area contributed by atoms with Crippen LogP contribution in [0.2, 0.25) is 0 Å². The van der Waals surface area contributed by atoms with E-state index in [9.17, 15) is 18.0 Å². The van der Waals surface area contributed by atoms with Gasteiger partial charge in [-0.05, 0) is 35.2 Å². The molecule has 4 nitrogen and oxygen atoms in total. The van der Waals surface area contributed by atoms with E-state index >= 15 is 0 Å². The SMILES string of the molecule is COC(=O)CCc1nc(-c2cc(-c3cccs3)cc(C(F)(F)F)c2)co1. The van der Waals surface area contributed by atoms with Gasteiger partial charge in [0.25, 0.3) is 0 Å². The lowest BCUT2D eigenvalue weighted by molar-refractivity contribution is -0.140. The molecular formula is C18H14F3NO3S. The van der Waals surface area contributed by atoms with Gasteiger partial charge < -0.3 is 9.15 Å². The number of benzene rings is 1. The number of aryl methyl sites for hydroxylation is 1. The van der Waals surface area contributed by atoms with Gasteiger partial charge in [-0.25, -0.2) is 4.98 Å². The molecule has 0 fully saturated rings. The van der Waals surface area contributed by atoms with Crippen LogP contribution in [-0.4, -0.2) is 18.1 Å². The maximum atomic E-state index is 13.3. The number of carbonyl (C=O) groups excluding carboxylic acids is 1. The first kappa shape index (κ1) is 18.2. The number of hydrogen-bond donors (Lipinski definition) is 0. The number of rotatable bonds is 5. The Morgan fingerprint density at radius 3 is 2.69 bits per heavy atom. The Morgan fingerprint density at radius 1 is 1.27 bits per heavy atom.